The lowest BCUT2D eigenvalue weighted by Gasteiger charge is -2.23. The second-order valence-corrected chi connectivity index (χ2v) is 3.99. The van der Waals surface area contributed by atoms with Gasteiger partial charge in [0.1, 0.15) is 0 Å². The van der Waals surface area contributed by atoms with Crippen LogP contribution in [0.15, 0.2) is 43.0 Å². The van der Waals surface area contributed by atoms with Gasteiger partial charge >= 0.3 is 5.97 Å². The summed E-state index contributed by atoms with van der Waals surface area (Å²) >= 11 is 0. The molecular weight excluding hydrogens is 244 g/mol. The fourth-order valence-electron chi connectivity index (χ4n) is 1.58. The number of hydrogen-bond acceptors (Lipinski definition) is 3. The number of nitrogens with one attached hydrogen (secondary N) is 1. The lowest BCUT2D eigenvalue weighted by molar-refractivity contribution is -0.136. The highest BCUT2D eigenvalue weighted by Gasteiger charge is 2.12. The molecule has 0 atom stereocenters. The smallest absolute Gasteiger partial charge is 0.305 e. The minimum atomic E-state index is -0.882. The van der Waals surface area contributed by atoms with Crippen molar-refractivity contribution < 1.29 is 14.7 Å². The molecule has 0 bridgehead atoms. The average molecular weight is 262 g/mol. The van der Waals surface area contributed by atoms with Crippen molar-refractivity contribution in [3.05, 3.63) is 43.0 Å². The van der Waals surface area contributed by atoms with Crippen molar-refractivity contribution in [3.63, 3.8) is 0 Å². The highest BCUT2D eigenvalue weighted by atomic mass is 16.4. The molecule has 0 unspecified atom stereocenters. The van der Waals surface area contributed by atoms with Crippen molar-refractivity contribution in [1.82, 2.24) is 5.32 Å². The van der Waals surface area contributed by atoms with E-state index in [0.717, 1.165) is 5.69 Å². The number of carboxylic acid groups (broad SMARTS) is 1. The first-order chi connectivity index (χ1) is 9.13. The van der Waals surface area contributed by atoms with Gasteiger partial charge in [-0.15, -0.1) is 6.58 Å². The summed E-state index contributed by atoms with van der Waals surface area (Å²) in [4.78, 5) is 24.1. The Kier molecular flexibility index (Phi) is 6.15. The molecule has 0 aliphatic rings. The number of carboxylic acids is 1. The van der Waals surface area contributed by atoms with Crippen LogP contribution in [0, 0.1) is 0 Å². The molecule has 0 aromatic heterocycles. The Morgan fingerprint density at radius 2 is 2.00 bits per heavy atom. The van der Waals surface area contributed by atoms with Crippen molar-refractivity contribution >= 4 is 17.6 Å². The summed E-state index contributed by atoms with van der Waals surface area (Å²) in [6.45, 7) is 4.35. The molecule has 1 rings (SSSR count). The Labute approximate surface area is 112 Å². The molecule has 2 N–H and O–H groups in total. The van der Waals surface area contributed by atoms with Crippen LogP contribution in [-0.2, 0) is 9.59 Å². The number of carbonyl (C=O) groups excluding carboxylic acids is 1. The van der Waals surface area contributed by atoms with E-state index in [0.29, 0.717) is 13.1 Å². The summed E-state index contributed by atoms with van der Waals surface area (Å²) in [5.74, 6) is -1.04. The Hall–Kier alpha value is -2.30. The number of para-hydroxylation sites is 1. The van der Waals surface area contributed by atoms with Gasteiger partial charge in [0.15, 0.2) is 0 Å². The van der Waals surface area contributed by atoms with E-state index >= 15 is 0 Å². The molecule has 0 aliphatic carbocycles. The van der Waals surface area contributed by atoms with E-state index in [2.05, 4.69) is 11.9 Å². The van der Waals surface area contributed by atoms with E-state index in [1.807, 2.05) is 30.3 Å². The number of nitrogens with zero attached hydrogens (tertiary/aromatic N) is 1. The SMILES string of the molecule is C=CCNC(=O)CN(CCC(=O)O)c1ccccc1. The Morgan fingerprint density at radius 1 is 1.32 bits per heavy atom. The normalized spacial score (nSPS) is 9.68. The van der Waals surface area contributed by atoms with Gasteiger partial charge in [-0.1, -0.05) is 24.3 Å². The van der Waals surface area contributed by atoms with Gasteiger partial charge in [0, 0.05) is 18.8 Å². The zero-order chi connectivity index (χ0) is 14.1. The number of anilines is 1. The Morgan fingerprint density at radius 3 is 2.58 bits per heavy atom. The van der Waals surface area contributed by atoms with Crippen molar-refractivity contribution in [1.29, 1.82) is 0 Å². The van der Waals surface area contributed by atoms with Gasteiger partial charge in [-0.2, -0.15) is 0 Å². The quantitative estimate of drug-likeness (QED) is 0.692. The second-order valence-electron chi connectivity index (χ2n) is 3.99. The monoisotopic (exact) mass is 262 g/mol. The van der Waals surface area contributed by atoms with Crippen LogP contribution in [0.4, 0.5) is 5.69 Å². The first kappa shape index (κ1) is 14.8. The Balaban J connectivity index is 2.66. The highest BCUT2D eigenvalue weighted by molar-refractivity contribution is 5.81. The molecular formula is C14H18N2O3. The highest BCUT2D eigenvalue weighted by Crippen LogP contribution is 2.13. The van der Waals surface area contributed by atoms with Gasteiger partial charge in [-0.3, -0.25) is 9.59 Å². The van der Waals surface area contributed by atoms with Gasteiger partial charge in [0.05, 0.1) is 13.0 Å². The lowest BCUT2D eigenvalue weighted by Crippen LogP contribution is -2.38. The van der Waals surface area contributed by atoms with Gasteiger partial charge in [-0.25, -0.2) is 0 Å². The van der Waals surface area contributed by atoms with Crippen LogP contribution in [0.3, 0.4) is 0 Å². The van der Waals surface area contributed by atoms with E-state index in [1.54, 1.807) is 11.0 Å². The van der Waals surface area contributed by atoms with Crippen LogP contribution in [0.25, 0.3) is 0 Å². The number of carbonyl (C=O) groups is 2. The van der Waals surface area contributed by atoms with Crippen LogP contribution >= 0.6 is 0 Å². The standard InChI is InChI=1S/C14H18N2O3/c1-2-9-15-13(17)11-16(10-8-14(18)19)12-6-4-3-5-7-12/h2-7H,1,8-11H2,(H,15,17)(H,18,19). The molecule has 5 nitrogen and oxygen atoms in total. The van der Waals surface area contributed by atoms with Gasteiger partial charge < -0.3 is 15.3 Å². The van der Waals surface area contributed by atoms with Crippen LogP contribution in [-0.4, -0.2) is 36.6 Å². The van der Waals surface area contributed by atoms with Crippen LogP contribution in [0.1, 0.15) is 6.42 Å². The predicted octanol–water partition coefficient (Wildman–Crippen LogP) is 1.27. The van der Waals surface area contributed by atoms with E-state index in [-0.39, 0.29) is 18.9 Å². The average Bonchev–Trinajstić information content (AvgIpc) is 2.42. The molecule has 0 fully saturated rings. The summed E-state index contributed by atoms with van der Waals surface area (Å²) in [5, 5.41) is 11.4. The predicted molar refractivity (Wildman–Crippen MR) is 74.1 cm³/mol. The third kappa shape index (κ3) is 5.72. The number of benzene rings is 1. The number of rotatable bonds is 8. The van der Waals surface area contributed by atoms with Gasteiger partial charge in [0.25, 0.3) is 0 Å². The summed E-state index contributed by atoms with van der Waals surface area (Å²) in [5.41, 5.74) is 0.831. The lowest BCUT2D eigenvalue weighted by atomic mass is 10.2. The fourth-order valence-corrected chi connectivity index (χ4v) is 1.58. The van der Waals surface area contributed by atoms with E-state index in [1.165, 1.54) is 0 Å². The van der Waals surface area contributed by atoms with Crippen molar-refractivity contribution in [3.8, 4) is 0 Å². The summed E-state index contributed by atoms with van der Waals surface area (Å²) < 4.78 is 0. The molecule has 0 spiro atoms. The maximum Gasteiger partial charge on any atom is 0.305 e. The molecule has 19 heavy (non-hydrogen) atoms. The molecule has 0 aliphatic heterocycles. The largest absolute Gasteiger partial charge is 0.481 e. The van der Waals surface area contributed by atoms with Gasteiger partial charge in [0.2, 0.25) is 5.91 Å². The Bertz CT molecular complexity index is 432. The maximum absolute atomic E-state index is 11.7. The second kappa shape index (κ2) is 7.92. The molecule has 1 aromatic rings. The number of aliphatic carboxylic acids is 1. The molecule has 1 aromatic carbocycles. The van der Waals surface area contributed by atoms with Crippen molar-refractivity contribution in [2.75, 3.05) is 24.5 Å². The summed E-state index contributed by atoms with van der Waals surface area (Å²) in [6.07, 6.45) is 1.59. The molecule has 102 valence electrons. The molecule has 0 radical (unpaired) electrons. The van der Waals surface area contributed by atoms with Crippen molar-refractivity contribution in [2.24, 2.45) is 0 Å². The summed E-state index contributed by atoms with van der Waals surface area (Å²) in [6, 6.07) is 9.28. The van der Waals surface area contributed by atoms with Crippen LogP contribution in [0.5, 0.6) is 0 Å². The van der Waals surface area contributed by atoms with Gasteiger partial charge in [-0.05, 0) is 12.1 Å². The third-order valence-electron chi connectivity index (χ3n) is 2.49. The number of amides is 1. The molecule has 0 saturated carbocycles. The zero-order valence-corrected chi connectivity index (χ0v) is 10.7. The van der Waals surface area contributed by atoms with E-state index < -0.39 is 5.97 Å². The molecule has 1 amide bonds. The zero-order valence-electron chi connectivity index (χ0n) is 10.7. The first-order valence-corrected chi connectivity index (χ1v) is 6.03. The minimum Gasteiger partial charge on any atom is -0.481 e. The van der Waals surface area contributed by atoms with Crippen LogP contribution < -0.4 is 10.2 Å². The van der Waals surface area contributed by atoms with Crippen molar-refractivity contribution in [2.45, 2.75) is 6.42 Å². The first-order valence-electron chi connectivity index (χ1n) is 6.03. The summed E-state index contributed by atoms with van der Waals surface area (Å²) in [7, 11) is 0. The molecule has 0 saturated heterocycles. The number of hydrogen-bond donors (Lipinski definition) is 2. The minimum absolute atomic E-state index is 0.0103. The van der Waals surface area contributed by atoms with Crippen LogP contribution in [0.2, 0.25) is 0 Å². The van der Waals surface area contributed by atoms with E-state index in [4.69, 9.17) is 5.11 Å². The topological polar surface area (TPSA) is 69.6 Å². The molecule has 5 heteroatoms. The molecule has 0 heterocycles. The van der Waals surface area contributed by atoms with E-state index in [9.17, 15) is 9.59 Å². The maximum atomic E-state index is 11.7. The third-order valence-corrected chi connectivity index (χ3v) is 2.49. The fraction of sp³-hybridized carbons (Fsp3) is 0.286.